The van der Waals surface area contributed by atoms with E-state index in [0.29, 0.717) is 6.61 Å². The fourth-order valence-electron chi connectivity index (χ4n) is 1.46. The zero-order valence-corrected chi connectivity index (χ0v) is 10.0. The molecule has 90 valence electrons. The molecular formula is C16H15NO. The van der Waals surface area contributed by atoms with Crippen molar-refractivity contribution < 1.29 is 4.84 Å². The normalized spacial score (nSPS) is 9.33. The molecule has 0 spiro atoms. The lowest BCUT2D eigenvalue weighted by Crippen LogP contribution is -2.05. The molecule has 0 atom stereocenters. The van der Waals surface area contributed by atoms with Crippen LogP contribution in [0, 0.1) is 0 Å². The maximum Gasteiger partial charge on any atom is 0.0996 e. The van der Waals surface area contributed by atoms with Crippen LogP contribution in [0.25, 0.3) is 6.08 Å². The number of hydrogen-bond donors (Lipinski definition) is 1. The lowest BCUT2D eigenvalue weighted by Gasteiger charge is -2.00. The third kappa shape index (κ3) is 4.30. The summed E-state index contributed by atoms with van der Waals surface area (Å²) >= 11 is 0. The fraction of sp³-hybridized carbons (Fsp3) is 0.0625. The predicted octanol–water partition coefficient (Wildman–Crippen LogP) is 3.53. The summed E-state index contributed by atoms with van der Waals surface area (Å²) in [5, 5.41) is 0. The van der Waals surface area contributed by atoms with E-state index in [1.54, 1.807) is 6.20 Å². The largest absolute Gasteiger partial charge is 0.271 e. The second-order valence-corrected chi connectivity index (χ2v) is 3.76. The van der Waals surface area contributed by atoms with Crippen molar-refractivity contribution in [2.75, 3.05) is 0 Å². The summed E-state index contributed by atoms with van der Waals surface area (Å²) in [5.74, 6) is 0. The van der Waals surface area contributed by atoms with E-state index in [2.05, 4.69) is 11.2 Å². The van der Waals surface area contributed by atoms with Crippen LogP contribution < -0.4 is 5.48 Å². The Bertz CT molecular complexity index is 513. The highest BCUT2D eigenvalue weighted by atomic mass is 16.6. The molecule has 0 aliphatic rings. The van der Waals surface area contributed by atoms with E-state index in [1.165, 1.54) is 0 Å². The van der Waals surface area contributed by atoms with E-state index in [0.717, 1.165) is 11.1 Å². The fourth-order valence-corrected chi connectivity index (χ4v) is 1.46. The molecule has 2 aromatic carbocycles. The Balaban J connectivity index is 1.74. The molecule has 0 fully saturated rings. The average Bonchev–Trinajstić information content (AvgIpc) is 2.45. The third-order valence-corrected chi connectivity index (χ3v) is 2.36. The molecule has 0 aromatic heterocycles. The van der Waals surface area contributed by atoms with Gasteiger partial charge in [0.25, 0.3) is 0 Å². The third-order valence-electron chi connectivity index (χ3n) is 2.36. The first-order chi connectivity index (χ1) is 8.95. The molecular weight excluding hydrogens is 222 g/mol. The highest BCUT2D eigenvalue weighted by Gasteiger charge is 1.88. The molecule has 2 heteroatoms. The Hall–Kier alpha value is -2.28. The van der Waals surface area contributed by atoms with Crippen molar-refractivity contribution >= 4 is 6.08 Å². The highest BCUT2D eigenvalue weighted by Crippen LogP contribution is 2.00. The van der Waals surface area contributed by atoms with E-state index in [9.17, 15) is 0 Å². The lowest BCUT2D eigenvalue weighted by molar-refractivity contribution is 0.0577. The summed E-state index contributed by atoms with van der Waals surface area (Å²) in [6.45, 7) is 0.532. The Morgan fingerprint density at radius 2 is 1.61 bits per heavy atom. The van der Waals surface area contributed by atoms with Crippen LogP contribution in [0.4, 0.5) is 0 Å². The Morgan fingerprint density at radius 1 is 0.944 bits per heavy atom. The minimum atomic E-state index is 0.532. The van der Waals surface area contributed by atoms with Gasteiger partial charge < -0.3 is 0 Å². The van der Waals surface area contributed by atoms with Crippen molar-refractivity contribution in [1.29, 1.82) is 0 Å². The predicted molar refractivity (Wildman–Crippen MR) is 73.4 cm³/mol. The van der Waals surface area contributed by atoms with E-state index in [-0.39, 0.29) is 0 Å². The quantitative estimate of drug-likeness (QED) is 0.488. The van der Waals surface area contributed by atoms with Crippen molar-refractivity contribution in [2.45, 2.75) is 6.61 Å². The molecule has 0 unspecified atom stereocenters. The van der Waals surface area contributed by atoms with Crippen molar-refractivity contribution in [3.05, 3.63) is 83.7 Å². The van der Waals surface area contributed by atoms with E-state index >= 15 is 0 Å². The van der Waals surface area contributed by atoms with E-state index < -0.39 is 0 Å². The zero-order valence-electron chi connectivity index (χ0n) is 10.0. The summed E-state index contributed by atoms with van der Waals surface area (Å²) in [5.41, 5.74) is 7.98. The van der Waals surface area contributed by atoms with Gasteiger partial charge in [-0.3, -0.25) is 10.3 Å². The molecule has 2 aromatic rings. The number of nitrogens with one attached hydrogen (secondary N) is 1. The van der Waals surface area contributed by atoms with Crippen LogP contribution in [0.1, 0.15) is 11.1 Å². The molecule has 0 radical (unpaired) electrons. The van der Waals surface area contributed by atoms with Crippen LogP contribution in [-0.4, -0.2) is 0 Å². The SMILES string of the molecule is C(=CNOCc1ccccc1)=Cc1ccccc1. The molecule has 0 amide bonds. The summed E-state index contributed by atoms with van der Waals surface area (Å²) in [6.07, 6.45) is 3.54. The van der Waals surface area contributed by atoms with Gasteiger partial charge in [-0.25, -0.2) is 0 Å². The molecule has 2 rings (SSSR count). The van der Waals surface area contributed by atoms with Gasteiger partial charge in [0.15, 0.2) is 0 Å². The van der Waals surface area contributed by atoms with Crippen LogP contribution in [0.2, 0.25) is 0 Å². The van der Waals surface area contributed by atoms with Crippen LogP contribution >= 0.6 is 0 Å². The van der Waals surface area contributed by atoms with Crippen molar-refractivity contribution in [1.82, 2.24) is 5.48 Å². The molecule has 0 bridgehead atoms. The highest BCUT2D eigenvalue weighted by molar-refractivity contribution is 5.47. The number of rotatable bonds is 5. The van der Waals surface area contributed by atoms with Crippen LogP contribution in [0.5, 0.6) is 0 Å². The van der Waals surface area contributed by atoms with Gasteiger partial charge in [0.05, 0.1) is 12.8 Å². The average molecular weight is 237 g/mol. The van der Waals surface area contributed by atoms with E-state index in [1.807, 2.05) is 66.7 Å². The van der Waals surface area contributed by atoms with Gasteiger partial charge >= 0.3 is 0 Å². The molecule has 0 saturated heterocycles. The van der Waals surface area contributed by atoms with Gasteiger partial charge in [0.2, 0.25) is 0 Å². The number of benzene rings is 2. The Kier molecular flexibility index (Phi) is 4.82. The minimum Gasteiger partial charge on any atom is -0.271 e. The standard InChI is InChI=1S/C16H15NO/c1-3-8-15(9-4-1)12-7-13-17-18-14-16-10-5-2-6-11-16/h1-6,8-13,17H,14H2. The zero-order chi connectivity index (χ0) is 12.5. The molecule has 0 saturated carbocycles. The Morgan fingerprint density at radius 3 is 2.33 bits per heavy atom. The van der Waals surface area contributed by atoms with Crippen molar-refractivity contribution in [3.63, 3.8) is 0 Å². The first-order valence-electron chi connectivity index (χ1n) is 5.82. The van der Waals surface area contributed by atoms with Crippen molar-refractivity contribution in [2.24, 2.45) is 0 Å². The van der Waals surface area contributed by atoms with Gasteiger partial charge in [0, 0.05) is 0 Å². The first-order valence-corrected chi connectivity index (χ1v) is 5.82. The minimum absolute atomic E-state index is 0.532. The molecule has 2 nitrogen and oxygen atoms in total. The molecule has 18 heavy (non-hydrogen) atoms. The lowest BCUT2D eigenvalue weighted by atomic mass is 10.2. The molecule has 0 aliphatic carbocycles. The topological polar surface area (TPSA) is 21.3 Å². The molecule has 0 heterocycles. The van der Waals surface area contributed by atoms with Crippen LogP contribution in [-0.2, 0) is 11.4 Å². The monoisotopic (exact) mass is 237 g/mol. The van der Waals surface area contributed by atoms with E-state index in [4.69, 9.17) is 4.84 Å². The van der Waals surface area contributed by atoms with Crippen LogP contribution in [0.3, 0.4) is 0 Å². The summed E-state index contributed by atoms with van der Waals surface area (Å²) in [4.78, 5) is 5.27. The number of hydrogen-bond acceptors (Lipinski definition) is 2. The molecule has 1 N–H and O–H groups in total. The summed E-state index contributed by atoms with van der Waals surface area (Å²) < 4.78 is 0. The smallest absolute Gasteiger partial charge is 0.0996 e. The van der Waals surface area contributed by atoms with Gasteiger partial charge in [-0.1, -0.05) is 60.7 Å². The second-order valence-electron chi connectivity index (χ2n) is 3.76. The van der Waals surface area contributed by atoms with Crippen molar-refractivity contribution in [3.8, 4) is 0 Å². The summed E-state index contributed by atoms with van der Waals surface area (Å²) in [7, 11) is 0. The van der Waals surface area contributed by atoms with Gasteiger partial charge in [-0.2, -0.15) is 0 Å². The Labute approximate surface area is 107 Å². The second kappa shape index (κ2) is 7.13. The number of hydroxylamine groups is 1. The van der Waals surface area contributed by atoms with Crippen LogP contribution in [0.15, 0.2) is 72.6 Å². The molecule has 0 aliphatic heterocycles. The summed E-state index contributed by atoms with van der Waals surface area (Å²) in [6, 6.07) is 20.0. The first kappa shape index (κ1) is 12.2. The van der Waals surface area contributed by atoms with Gasteiger partial charge in [-0.05, 0) is 17.2 Å². The van der Waals surface area contributed by atoms with Gasteiger partial charge in [0.1, 0.15) is 0 Å². The van der Waals surface area contributed by atoms with Gasteiger partial charge in [-0.15, -0.1) is 5.73 Å². The maximum absolute atomic E-state index is 5.27. The maximum atomic E-state index is 5.27.